The predicted octanol–water partition coefficient (Wildman–Crippen LogP) is 4.39. The van der Waals surface area contributed by atoms with Crippen LogP contribution in [-0.2, 0) is 0 Å². The Hall–Kier alpha value is -1.57. The van der Waals surface area contributed by atoms with E-state index in [1.165, 1.54) is 12.0 Å². The monoisotopic (exact) mass is 244 g/mol. The van der Waals surface area contributed by atoms with Crippen LogP contribution in [-0.4, -0.2) is 6.21 Å². The maximum absolute atomic E-state index is 5.60. The second-order valence-electron chi connectivity index (χ2n) is 4.99. The van der Waals surface area contributed by atoms with Crippen molar-refractivity contribution in [2.75, 3.05) is 5.73 Å². The van der Waals surface area contributed by atoms with Crippen LogP contribution >= 0.6 is 0 Å². The van der Waals surface area contributed by atoms with Gasteiger partial charge < -0.3 is 5.73 Å². The lowest BCUT2D eigenvalue weighted by molar-refractivity contribution is 0.535. The lowest BCUT2D eigenvalue weighted by Crippen LogP contribution is -2.01. The third-order valence-electron chi connectivity index (χ3n) is 3.22. The molecule has 0 bridgehead atoms. The van der Waals surface area contributed by atoms with Crippen LogP contribution < -0.4 is 5.73 Å². The number of anilines is 1. The van der Waals surface area contributed by atoms with Gasteiger partial charge in [-0.15, -0.1) is 0 Å². The van der Waals surface area contributed by atoms with Gasteiger partial charge in [0.25, 0.3) is 0 Å². The summed E-state index contributed by atoms with van der Waals surface area (Å²) >= 11 is 0. The number of benzene rings is 1. The zero-order chi connectivity index (χ0) is 13.4. The molecule has 0 aromatic heterocycles. The van der Waals surface area contributed by atoms with Gasteiger partial charge in [-0.1, -0.05) is 39.0 Å². The van der Waals surface area contributed by atoms with Crippen LogP contribution in [0, 0.1) is 5.92 Å². The van der Waals surface area contributed by atoms with E-state index in [1.54, 1.807) is 0 Å². The zero-order valence-corrected chi connectivity index (χ0v) is 11.6. The summed E-state index contributed by atoms with van der Waals surface area (Å²) in [5, 5.41) is 0. The number of hydrogen-bond donors (Lipinski definition) is 1. The predicted molar refractivity (Wildman–Crippen MR) is 81.0 cm³/mol. The van der Waals surface area contributed by atoms with Crippen LogP contribution in [0.2, 0.25) is 0 Å². The van der Waals surface area contributed by atoms with Gasteiger partial charge in [-0.25, -0.2) is 0 Å². The zero-order valence-electron chi connectivity index (χ0n) is 11.6. The molecule has 1 aliphatic rings. The van der Waals surface area contributed by atoms with Crippen molar-refractivity contribution >= 4 is 11.9 Å². The molecule has 0 aliphatic carbocycles. The number of hydrogen-bond acceptors (Lipinski definition) is 2. The van der Waals surface area contributed by atoms with Crippen LogP contribution in [0.5, 0.6) is 0 Å². The van der Waals surface area contributed by atoms with Gasteiger partial charge in [-0.3, -0.25) is 4.99 Å². The molecule has 2 heteroatoms. The van der Waals surface area contributed by atoms with Gasteiger partial charge >= 0.3 is 0 Å². The Labute approximate surface area is 111 Å². The topological polar surface area (TPSA) is 38.4 Å². The first kappa shape index (κ1) is 14.5. The van der Waals surface area contributed by atoms with Crippen molar-refractivity contribution in [1.82, 2.24) is 0 Å². The van der Waals surface area contributed by atoms with Gasteiger partial charge in [-0.05, 0) is 42.4 Å². The van der Waals surface area contributed by atoms with Crippen LogP contribution in [0.4, 0.5) is 5.69 Å². The van der Waals surface area contributed by atoms with Crippen molar-refractivity contribution in [2.24, 2.45) is 10.9 Å². The molecule has 1 aromatic carbocycles. The second kappa shape index (κ2) is 7.70. The summed E-state index contributed by atoms with van der Waals surface area (Å²) < 4.78 is 0. The van der Waals surface area contributed by atoms with Crippen molar-refractivity contribution < 1.29 is 0 Å². The molecule has 0 radical (unpaired) electrons. The molecule has 2 nitrogen and oxygen atoms in total. The fraction of sp³-hybridized carbons (Fsp3) is 0.438. The summed E-state index contributed by atoms with van der Waals surface area (Å²) in [6.45, 7) is 6.72. The van der Waals surface area contributed by atoms with E-state index < -0.39 is 0 Å². The molecule has 2 rings (SSSR count). The van der Waals surface area contributed by atoms with E-state index in [0.29, 0.717) is 11.8 Å². The minimum Gasteiger partial charge on any atom is -0.399 e. The fourth-order valence-electron chi connectivity index (χ4n) is 1.63. The number of nitrogens with zero attached hydrogens (tertiary/aromatic N) is 1. The molecule has 0 fully saturated rings. The average Bonchev–Trinajstić information content (AvgIpc) is 2.41. The quantitative estimate of drug-likeness (QED) is 0.770. The van der Waals surface area contributed by atoms with Crippen LogP contribution in [0.15, 0.2) is 41.5 Å². The molecule has 1 aliphatic heterocycles. The number of rotatable bonds is 2. The van der Waals surface area contributed by atoms with Crippen LogP contribution in [0.25, 0.3) is 0 Å². The maximum atomic E-state index is 5.60. The molecule has 0 amide bonds. The van der Waals surface area contributed by atoms with E-state index in [0.717, 1.165) is 12.1 Å². The molecule has 98 valence electrons. The molecular weight excluding hydrogens is 220 g/mol. The third kappa shape index (κ3) is 5.17. The smallest absolute Gasteiger partial charge is 0.0314 e. The van der Waals surface area contributed by atoms with Gasteiger partial charge in [0.15, 0.2) is 0 Å². The summed E-state index contributed by atoms with van der Waals surface area (Å²) in [5.41, 5.74) is 7.82. The molecule has 1 unspecified atom stereocenters. The summed E-state index contributed by atoms with van der Waals surface area (Å²) in [6, 6.07) is 8.16. The first-order valence-electron chi connectivity index (χ1n) is 6.63. The Morgan fingerprint density at radius 1 is 1.06 bits per heavy atom. The highest BCUT2D eigenvalue weighted by Crippen LogP contribution is 2.23. The molecule has 0 saturated carbocycles. The molecule has 0 spiro atoms. The summed E-state index contributed by atoms with van der Waals surface area (Å²) in [5.74, 6) is 1.30. The lowest BCUT2D eigenvalue weighted by Gasteiger charge is -2.15. The Morgan fingerprint density at radius 3 is 2.06 bits per heavy atom. The fourth-order valence-corrected chi connectivity index (χ4v) is 1.63. The SMILES string of the molecule is C1=CN=CCC1.CC(C)C(C)c1ccc(N)cc1. The minimum atomic E-state index is 0.616. The maximum Gasteiger partial charge on any atom is 0.0314 e. The molecular formula is C16H24N2. The van der Waals surface area contributed by atoms with Gasteiger partial charge in [0.05, 0.1) is 0 Å². The Kier molecular flexibility index (Phi) is 6.20. The molecule has 2 N–H and O–H groups in total. The molecule has 18 heavy (non-hydrogen) atoms. The molecule has 1 aromatic rings. The standard InChI is InChI=1S/C11H17N.C5H7N/c1-8(2)9(3)10-4-6-11(12)7-5-10;1-2-4-6-5-3-1/h4-9H,12H2,1-3H3;2,4-5H,1,3H2. The first-order valence-corrected chi connectivity index (χ1v) is 6.63. The Bertz CT molecular complexity index is 376. The number of nitrogen functional groups attached to an aromatic ring is 1. The van der Waals surface area contributed by atoms with Gasteiger partial charge in [0.1, 0.15) is 0 Å². The number of allylic oxidation sites excluding steroid dienone is 1. The van der Waals surface area contributed by atoms with E-state index in [4.69, 9.17) is 5.73 Å². The van der Waals surface area contributed by atoms with Crippen LogP contribution in [0.3, 0.4) is 0 Å². The normalized spacial score (nSPS) is 15.1. The van der Waals surface area contributed by atoms with E-state index in [9.17, 15) is 0 Å². The van der Waals surface area contributed by atoms with Gasteiger partial charge in [-0.2, -0.15) is 0 Å². The summed E-state index contributed by atoms with van der Waals surface area (Å²) in [7, 11) is 0. The molecule has 1 atom stereocenters. The molecule has 0 saturated heterocycles. The van der Waals surface area contributed by atoms with Crippen molar-refractivity contribution in [3.05, 3.63) is 42.1 Å². The van der Waals surface area contributed by atoms with E-state index in [2.05, 4.69) is 44.0 Å². The highest BCUT2D eigenvalue weighted by Gasteiger charge is 2.08. The van der Waals surface area contributed by atoms with E-state index in [-0.39, 0.29) is 0 Å². The summed E-state index contributed by atoms with van der Waals surface area (Å²) in [4.78, 5) is 3.87. The van der Waals surface area contributed by atoms with Crippen molar-refractivity contribution in [3.63, 3.8) is 0 Å². The highest BCUT2D eigenvalue weighted by molar-refractivity contribution is 5.59. The second-order valence-corrected chi connectivity index (χ2v) is 4.99. The first-order chi connectivity index (χ1) is 8.61. The highest BCUT2D eigenvalue weighted by atomic mass is 14.7. The van der Waals surface area contributed by atoms with Gasteiger partial charge in [0.2, 0.25) is 0 Å². The summed E-state index contributed by atoms with van der Waals surface area (Å²) in [6.07, 6.45) is 8.13. The Morgan fingerprint density at radius 2 is 1.72 bits per heavy atom. The van der Waals surface area contributed by atoms with Crippen LogP contribution in [0.1, 0.15) is 45.1 Å². The molecule has 1 heterocycles. The number of nitrogens with two attached hydrogens (primary N) is 1. The van der Waals surface area contributed by atoms with Gasteiger partial charge in [0, 0.05) is 18.1 Å². The van der Waals surface area contributed by atoms with E-state index >= 15 is 0 Å². The number of aliphatic imine (C=N–C) groups is 1. The van der Waals surface area contributed by atoms with E-state index in [1.807, 2.05) is 24.5 Å². The Balaban J connectivity index is 0.000000225. The largest absolute Gasteiger partial charge is 0.399 e. The van der Waals surface area contributed by atoms with Crippen molar-refractivity contribution in [2.45, 2.75) is 39.5 Å². The lowest BCUT2D eigenvalue weighted by atomic mass is 9.90. The average molecular weight is 244 g/mol. The minimum absolute atomic E-state index is 0.616. The van der Waals surface area contributed by atoms with Crippen molar-refractivity contribution in [3.8, 4) is 0 Å². The third-order valence-corrected chi connectivity index (χ3v) is 3.22. The van der Waals surface area contributed by atoms with Crippen molar-refractivity contribution in [1.29, 1.82) is 0 Å².